The number of rotatable bonds is 7. The van der Waals surface area contributed by atoms with Gasteiger partial charge in [-0.25, -0.2) is 4.79 Å². The molecule has 20 heavy (non-hydrogen) atoms. The number of carbonyl (C=O) groups excluding carboxylic acids is 1. The molecule has 2 N–H and O–H groups in total. The second-order valence-electron chi connectivity index (χ2n) is 4.93. The molecule has 110 valence electrons. The van der Waals surface area contributed by atoms with Crippen molar-refractivity contribution in [3.05, 3.63) is 35.9 Å². The average molecular weight is 277 g/mol. The molecule has 1 rings (SSSR count). The molecule has 0 aliphatic carbocycles. The Labute approximate surface area is 120 Å². The van der Waals surface area contributed by atoms with Crippen molar-refractivity contribution >= 4 is 11.9 Å². The van der Waals surface area contributed by atoms with E-state index >= 15 is 0 Å². The van der Waals surface area contributed by atoms with Gasteiger partial charge in [0.1, 0.15) is 0 Å². The van der Waals surface area contributed by atoms with Gasteiger partial charge in [-0.2, -0.15) is 0 Å². The largest absolute Gasteiger partial charge is 0.479 e. The molecule has 1 amide bonds. The number of hydrogen-bond acceptors (Lipinski definition) is 2. The van der Waals surface area contributed by atoms with Crippen molar-refractivity contribution in [1.29, 1.82) is 0 Å². The van der Waals surface area contributed by atoms with E-state index in [0.29, 0.717) is 24.8 Å². The molecule has 0 radical (unpaired) electrons. The number of carboxylic acid groups (broad SMARTS) is 1. The zero-order valence-corrected chi connectivity index (χ0v) is 12.3. The van der Waals surface area contributed by atoms with E-state index in [1.54, 1.807) is 31.2 Å². The van der Waals surface area contributed by atoms with Crippen LogP contribution in [-0.4, -0.2) is 17.0 Å². The van der Waals surface area contributed by atoms with Crippen LogP contribution < -0.4 is 5.32 Å². The third-order valence-corrected chi connectivity index (χ3v) is 3.85. The Kier molecular flexibility index (Phi) is 5.74. The molecule has 1 unspecified atom stereocenters. The first-order chi connectivity index (χ1) is 9.51. The first-order valence-electron chi connectivity index (χ1n) is 7.12. The third kappa shape index (κ3) is 3.18. The summed E-state index contributed by atoms with van der Waals surface area (Å²) in [6.07, 6.45) is 1.71. The van der Waals surface area contributed by atoms with Gasteiger partial charge >= 0.3 is 5.97 Å². The van der Waals surface area contributed by atoms with Gasteiger partial charge in [-0.15, -0.1) is 0 Å². The lowest BCUT2D eigenvalue weighted by molar-refractivity contribution is -0.149. The Balaban J connectivity index is 3.14. The summed E-state index contributed by atoms with van der Waals surface area (Å²) in [5, 5.41) is 12.4. The summed E-state index contributed by atoms with van der Waals surface area (Å²) < 4.78 is 0. The number of hydrogen-bond donors (Lipinski definition) is 2. The summed E-state index contributed by atoms with van der Waals surface area (Å²) in [6.45, 7) is 5.64. The Hall–Kier alpha value is -1.84. The maximum absolute atomic E-state index is 12.3. The molecule has 1 aromatic rings. The summed E-state index contributed by atoms with van der Waals surface area (Å²) in [5.41, 5.74) is -0.740. The molecule has 0 aromatic heterocycles. The molecule has 0 fully saturated rings. The van der Waals surface area contributed by atoms with Crippen LogP contribution in [0, 0.1) is 5.92 Å². The number of benzene rings is 1. The van der Waals surface area contributed by atoms with E-state index in [1.165, 1.54) is 0 Å². The molecule has 4 heteroatoms. The fourth-order valence-corrected chi connectivity index (χ4v) is 2.39. The highest BCUT2D eigenvalue weighted by Crippen LogP contribution is 2.26. The number of carbonyl (C=O) groups is 2. The maximum Gasteiger partial charge on any atom is 0.334 e. The minimum Gasteiger partial charge on any atom is -0.479 e. The lowest BCUT2D eigenvalue weighted by Crippen LogP contribution is -2.53. The molecule has 0 heterocycles. The van der Waals surface area contributed by atoms with Crippen molar-refractivity contribution in [2.24, 2.45) is 5.92 Å². The minimum absolute atomic E-state index is 0.149. The molecule has 1 atom stereocenters. The fraction of sp³-hybridized carbons (Fsp3) is 0.500. The van der Waals surface area contributed by atoms with Crippen LogP contribution in [0.5, 0.6) is 0 Å². The van der Waals surface area contributed by atoms with Gasteiger partial charge < -0.3 is 10.4 Å². The van der Waals surface area contributed by atoms with Crippen LogP contribution in [0.4, 0.5) is 0 Å². The van der Waals surface area contributed by atoms with Gasteiger partial charge in [-0.3, -0.25) is 4.79 Å². The molecule has 0 spiro atoms. The Morgan fingerprint density at radius 2 is 1.70 bits per heavy atom. The highest BCUT2D eigenvalue weighted by Gasteiger charge is 2.40. The number of aliphatic carboxylic acids is 1. The zero-order chi connectivity index (χ0) is 15.2. The molecule has 0 bridgehead atoms. The second kappa shape index (κ2) is 7.08. The topological polar surface area (TPSA) is 66.4 Å². The van der Waals surface area contributed by atoms with E-state index in [1.807, 2.05) is 19.9 Å². The number of amides is 1. The van der Waals surface area contributed by atoms with E-state index in [-0.39, 0.29) is 11.8 Å². The Bertz CT molecular complexity index is 454. The molecule has 0 saturated carbocycles. The predicted molar refractivity (Wildman–Crippen MR) is 78.3 cm³/mol. The van der Waals surface area contributed by atoms with Gasteiger partial charge in [0.15, 0.2) is 5.54 Å². The summed E-state index contributed by atoms with van der Waals surface area (Å²) >= 11 is 0. The van der Waals surface area contributed by atoms with Crippen molar-refractivity contribution in [3.8, 4) is 0 Å². The van der Waals surface area contributed by atoms with Crippen LogP contribution >= 0.6 is 0 Å². The van der Waals surface area contributed by atoms with Gasteiger partial charge in [-0.05, 0) is 24.8 Å². The van der Waals surface area contributed by atoms with Gasteiger partial charge in [-0.1, -0.05) is 51.1 Å². The predicted octanol–water partition coefficient (Wildman–Crippen LogP) is 2.93. The minimum atomic E-state index is -1.35. The van der Waals surface area contributed by atoms with E-state index in [0.717, 1.165) is 0 Å². The lowest BCUT2D eigenvalue weighted by atomic mass is 9.86. The van der Waals surface area contributed by atoms with Gasteiger partial charge in [0.05, 0.1) is 0 Å². The van der Waals surface area contributed by atoms with Crippen molar-refractivity contribution in [3.63, 3.8) is 0 Å². The molecular weight excluding hydrogens is 254 g/mol. The SMILES string of the molecule is CCC(CC)C(=O)NC(CC)(C(=O)O)c1ccccc1. The summed E-state index contributed by atoms with van der Waals surface area (Å²) in [6, 6.07) is 8.88. The van der Waals surface area contributed by atoms with Crippen molar-refractivity contribution in [1.82, 2.24) is 5.32 Å². The smallest absolute Gasteiger partial charge is 0.334 e. The normalized spacial score (nSPS) is 13.8. The maximum atomic E-state index is 12.3. The first-order valence-corrected chi connectivity index (χ1v) is 7.12. The van der Waals surface area contributed by atoms with Gasteiger partial charge in [0.25, 0.3) is 0 Å². The average Bonchev–Trinajstić information content (AvgIpc) is 2.46. The fourth-order valence-electron chi connectivity index (χ4n) is 2.39. The zero-order valence-electron chi connectivity index (χ0n) is 12.3. The number of nitrogens with one attached hydrogen (secondary N) is 1. The lowest BCUT2D eigenvalue weighted by Gasteiger charge is -2.31. The van der Waals surface area contributed by atoms with Crippen molar-refractivity contribution < 1.29 is 14.7 Å². The Morgan fingerprint density at radius 1 is 1.15 bits per heavy atom. The van der Waals surface area contributed by atoms with Crippen LogP contribution in [0.3, 0.4) is 0 Å². The quantitative estimate of drug-likeness (QED) is 0.805. The van der Waals surface area contributed by atoms with Gasteiger partial charge in [0, 0.05) is 5.92 Å². The summed E-state index contributed by atoms with van der Waals surface area (Å²) in [4.78, 5) is 24.1. The van der Waals surface area contributed by atoms with Gasteiger partial charge in [0.2, 0.25) is 5.91 Å². The van der Waals surface area contributed by atoms with E-state index in [9.17, 15) is 14.7 Å². The van der Waals surface area contributed by atoms with E-state index < -0.39 is 11.5 Å². The van der Waals surface area contributed by atoms with Crippen LogP contribution in [0.1, 0.15) is 45.6 Å². The van der Waals surface area contributed by atoms with Crippen LogP contribution in [-0.2, 0) is 15.1 Å². The first kappa shape index (κ1) is 16.2. The monoisotopic (exact) mass is 277 g/mol. The molecular formula is C16H23NO3. The molecule has 1 aromatic carbocycles. The standard InChI is InChI=1S/C16H23NO3/c1-4-12(5-2)14(18)17-16(6-3,15(19)20)13-10-8-7-9-11-13/h7-12H,4-6H2,1-3H3,(H,17,18)(H,19,20). The molecule has 4 nitrogen and oxygen atoms in total. The summed E-state index contributed by atoms with van der Waals surface area (Å²) in [7, 11) is 0. The van der Waals surface area contributed by atoms with Crippen LogP contribution in [0.25, 0.3) is 0 Å². The third-order valence-electron chi connectivity index (χ3n) is 3.85. The number of carboxylic acids is 1. The molecule has 0 saturated heterocycles. The molecule has 0 aliphatic heterocycles. The van der Waals surface area contributed by atoms with E-state index in [4.69, 9.17) is 0 Å². The van der Waals surface area contributed by atoms with Crippen molar-refractivity contribution in [2.75, 3.05) is 0 Å². The highest BCUT2D eigenvalue weighted by molar-refractivity contribution is 5.89. The van der Waals surface area contributed by atoms with Crippen LogP contribution in [0.15, 0.2) is 30.3 Å². The second-order valence-corrected chi connectivity index (χ2v) is 4.93. The highest BCUT2D eigenvalue weighted by atomic mass is 16.4. The van der Waals surface area contributed by atoms with E-state index in [2.05, 4.69) is 5.32 Å². The Morgan fingerprint density at radius 3 is 2.10 bits per heavy atom. The summed E-state index contributed by atoms with van der Waals surface area (Å²) in [5.74, 6) is -1.36. The molecule has 0 aliphatic rings. The van der Waals surface area contributed by atoms with Crippen molar-refractivity contribution in [2.45, 2.75) is 45.6 Å². The van der Waals surface area contributed by atoms with Crippen LogP contribution in [0.2, 0.25) is 0 Å².